The van der Waals surface area contributed by atoms with Gasteiger partial charge in [-0.15, -0.1) is 0 Å². The summed E-state index contributed by atoms with van der Waals surface area (Å²) in [4.78, 5) is 65.8. The standard InChI is InChI=1S/C33H38N6O5/c1-22-18-26-19-27(13-14-28(26)44-22)35-33(36-30(41)23-9-11-24(12-10-23)31(42)37(2)3)34-20-25-8-4-5-17-39(32(25)43)21-29(40)38-15-6-7-16-38/h9-14,18-20,25H,4-8,15-17,21H2,1-3H3,(H,35,36,41)/b34-20+. The van der Waals surface area contributed by atoms with E-state index in [4.69, 9.17) is 4.42 Å². The van der Waals surface area contributed by atoms with Crippen molar-refractivity contribution in [3.05, 3.63) is 65.4 Å². The number of guanidine groups is 1. The van der Waals surface area contributed by atoms with Gasteiger partial charge in [-0.3, -0.25) is 24.5 Å². The molecule has 1 atom stereocenters. The topological polar surface area (TPSA) is 128 Å². The lowest BCUT2D eigenvalue weighted by atomic mass is 10.0. The minimum Gasteiger partial charge on any atom is -0.461 e. The molecule has 3 aromatic rings. The van der Waals surface area contributed by atoms with Crippen LogP contribution in [0.25, 0.3) is 11.0 Å². The van der Waals surface area contributed by atoms with Crippen LogP contribution in [0.5, 0.6) is 0 Å². The van der Waals surface area contributed by atoms with E-state index in [2.05, 4.69) is 15.3 Å². The third kappa shape index (κ3) is 7.39. The van der Waals surface area contributed by atoms with Crippen LogP contribution in [0, 0.1) is 12.8 Å². The minimum atomic E-state index is -0.554. The number of likely N-dealkylation sites (tertiary alicyclic amines) is 2. The van der Waals surface area contributed by atoms with Crippen molar-refractivity contribution in [2.45, 2.75) is 39.0 Å². The third-order valence-corrected chi connectivity index (χ3v) is 7.87. The molecule has 2 aliphatic heterocycles. The Bertz CT molecular complexity index is 1600. The van der Waals surface area contributed by atoms with E-state index in [0.29, 0.717) is 29.8 Å². The molecule has 230 valence electrons. The lowest BCUT2D eigenvalue weighted by molar-refractivity contribution is -0.140. The molecule has 0 radical (unpaired) electrons. The van der Waals surface area contributed by atoms with Crippen LogP contribution >= 0.6 is 0 Å². The van der Waals surface area contributed by atoms with E-state index in [9.17, 15) is 19.2 Å². The van der Waals surface area contributed by atoms with E-state index in [-0.39, 0.29) is 30.2 Å². The van der Waals surface area contributed by atoms with Gasteiger partial charge in [-0.2, -0.15) is 0 Å². The number of aryl methyl sites for hydroxylation is 1. The van der Waals surface area contributed by atoms with Gasteiger partial charge in [-0.05, 0) is 81.1 Å². The van der Waals surface area contributed by atoms with Crippen molar-refractivity contribution in [2.24, 2.45) is 15.9 Å². The van der Waals surface area contributed by atoms with Crippen molar-refractivity contribution in [1.82, 2.24) is 20.0 Å². The number of carbonyl (C=O) groups is 4. The first-order valence-corrected chi connectivity index (χ1v) is 15.0. The van der Waals surface area contributed by atoms with Crippen LogP contribution in [-0.4, -0.2) is 90.8 Å². The number of furan rings is 1. The van der Waals surface area contributed by atoms with Crippen molar-refractivity contribution in [2.75, 3.05) is 40.3 Å². The molecule has 2 aliphatic rings. The van der Waals surface area contributed by atoms with E-state index in [0.717, 1.165) is 55.5 Å². The molecule has 0 saturated carbocycles. The van der Waals surface area contributed by atoms with Gasteiger partial charge in [-0.1, -0.05) is 6.42 Å². The first-order chi connectivity index (χ1) is 21.2. The summed E-state index contributed by atoms with van der Waals surface area (Å²) >= 11 is 0. The summed E-state index contributed by atoms with van der Waals surface area (Å²) in [5.74, 6) is -0.579. The number of aliphatic imine (C=N–C) groups is 2. The normalized spacial score (nSPS) is 17.8. The van der Waals surface area contributed by atoms with E-state index in [1.807, 2.05) is 24.0 Å². The molecule has 2 aromatic carbocycles. The Labute approximate surface area is 256 Å². The summed E-state index contributed by atoms with van der Waals surface area (Å²) in [5.41, 5.74) is 2.04. The van der Waals surface area contributed by atoms with E-state index in [1.165, 1.54) is 11.1 Å². The molecule has 1 aromatic heterocycles. The molecule has 0 aliphatic carbocycles. The zero-order chi connectivity index (χ0) is 31.2. The Balaban J connectivity index is 1.38. The largest absolute Gasteiger partial charge is 0.461 e. The molecule has 5 rings (SSSR count). The molecule has 1 N–H and O–H groups in total. The fourth-order valence-electron chi connectivity index (χ4n) is 5.46. The van der Waals surface area contributed by atoms with Gasteiger partial charge in [0.2, 0.25) is 17.8 Å². The van der Waals surface area contributed by atoms with Gasteiger partial charge in [0.1, 0.15) is 11.3 Å². The van der Waals surface area contributed by atoms with Gasteiger partial charge >= 0.3 is 0 Å². The molecule has 44 heavy (non-hydrogen) atoms. The number of nitrogens with one attached hydrogen (secondary N) is 1. The molecule has 2 saturated heterocycles. The molecular weight excluding hydrogens is 560 g/mol. The maximum absolute atomic E-state index is 13.5. The highest BCUT2D eigenvalue weighted by molar-refractivity contribution is 6.09. The van der Waals surface area contributed by atoms with Gasteiger partial charge in [0.05, 0.1) is 18.2 Å². The molecule has 0 bridgehead atoms. The van der Waals surface area contributed by atoms with Crippen molar-refractivity contribution in [3.8, 4) is 0 Å². The van der Waals surface area contributed by atoms with Crippen molar-refractivity contribution >= 4 is 52.5 Å². The van der Waals surface area contributed by atoms with Crippen LogP contribution in [-0.2, 0) is 9.59 Å². The Morgan fingerprint density at radius 3 is 2.41 bits per heavy atom. The smallest absolute Gasteiger partial charge is 0.258 e. The quantitative estimate of drug-likeness (QED) is 0.336. The number of carbonyl (C=O) groups excluding carboxylic acids is 4. The highest BCUT2D eigenvalue weighted by atomic mass is 16.3. The fourth-order valence-corrected chi connectivity index (χ4v) is 5.46. The number of amides is 4. The van der Waals surface area contributed by atoms with Gasteiger partial charge in [0, 0.05) is 56.5 Å². The Morgan fingerprint density at radius 1 is 0.977 bits per heavy atom. The molecule has 4 amide bonds. The van der Waals surface area contributed by atoms with Crippen LogP contribution in [0.2, 0.25) is 0 Å². The predicted octanol–water partition coefficient (Wildman–Crippen LogP) is 4.18. The summed E-state index contributed by atoms with van der Waals surface area (Å²) in [6.07, 6.45) is 5.71. The lowest BCUT2D eigenvalue weighted by Gasteiger charge is -2.25. The monoisotopic (exact) mass is 598 g/mol. The zero-order valence-corrected chi connectivity index (χ0v) is 25.4. The minimum absolute atomic E-state index is 0.0137. The van der Waals surface area contributed by atoms with E-state index < -0.39 is 11.8 Å². The van der Waals surface area contributed by atoms with Crippen LogP contribution in [0.4, 0.5) is 5.69 Å². The van der Waals surface area contributed by atoms with Crippen LogP contribution < -0.4 is 5.32 Å². The van der Waals surface area contributed by atoms with Crippen molar-refractivity contribution in [3.63, 3.8) is 0 Å². The van der Waals surface area contributed by atoms with Gasteiger partial charge < -0.3 is 19.1 Å². The molecule has 3 heterocycles. The number of hydrogen-bond acceptors (Lipinski definition) is 6. The molecule has 11 nitrogen and oxygen atoms in total. The van der Waals surface area contributed by atoms with Gasteiger partial charge in [0.25, 0.3) is 11.8 Å². The predicted molar refractivity (Wildman–Crippen MR) is 168 cm³/mol. The van der Waals surface area contributed by atoms with Crippen LogP contribution in [0.3, 0.4) is 0 Å². The Morgan fingerprint density at radius 2 is 1.68 bits per heavy atom. The summed E-state index contributed by atoms with van der Waals surface area (Å²) in [7, 11) is 3.32. The number of rotatable bonds is 6. The molecule has 1 unspecified atom stereocenters. The second kappa shape index (κ2) is 13.7. The van der Waals surface area contributed by atoms with Gasteiger partial charge in [0.15, 0.2) is 0 Å². The number of benzene rings is 2. The van der Waals surface area contributed by atoms with E-state index >= 15 is 0 Å². The Kier molecular flexibility index (Phi) is 9.52. The SMILES string of the molecule is Cc1cc2cc(N=C(/N=C/C3CCCCN(CC(=O)N4CCCC4)C3=O)NC(=O)c3ccc(C(=O)N(C)C)cc3)ccc2o1. The fraction of sp³-hybridized carbons (Fsp3) is 0.394. The number of fused-ring (bicyclic) bond motifs is 1. The number of hydrogen-bond donors (Lipinski definition) is 1. The first-order valence-electron chi connectivity index (χ1n) is 15.0. The van der Waals surface area contributed by atoms with E-state index in [1.54, 1.807) is 55.4 Å². The van der Waals surface area contributed by atoms with Gasteiger partial charge in [-0.25, -0.2) is 9.98 Å². The number of nitrogens with zero attached hydrogens (tertiary/aromatic N) is 5. The van der Waals surface area contributed by atoms with Crippen molar-refractivity contribution < 1.29 is 23.6 Å². The zero-order valence-electron chi connectivity index (χ0n) is 25.4. The Hall–Kier alpha value is -4.80. The van der Waals surface area contributed by atoms with Crippen LogP contribution in [0.15, 0.2) is 62.9 Å². The summed E-state index contributed by atoms with van der Waals surface area (Å²) in [6, 6.07) is 13.6. The molecule has 0 spiro atoms. The second-order valence-electron chi connectivity index (χ2n) is 11.5. The highest BCUT2D eigenvalue weighted by Gasteiger charge is 2.29. The molecule has 2 fully saturated rings. The maximum atomic E-state index is 13.5. The van der Waals surface area contributed by atoms with Crippen molar-refractivity contribution in [1.29, 1.82) is 0 Å². The average Bonchev–Trinajstić information content (AvgIpc) is 3.65. The summed E-state index contributed by atoms with van der Waals surface area (Å²) < 4.78 is 5.67. The summed E-state index contributed by atoms with van der Waals surface area (Å²) in [5, 5.41) is 3.62. The average molecular weight is 599 g/mol. The lowest BCUT2D eigenvalue weighted by Crippen LogP contribution is -2.44. The third-order valence-electron chi connectivity index (χ3n) is 7.87. The highest BCUT2D eigenvalue weighted by Crippen LogP contribution is 2.25. The second-order valence-corrected chi connectivity index (χ2v) is 11.5. The molecule has 11 heteroatoms. The summed E-state index contributed by atoms with van der Waals surface area (Å²) in [6.45, 7) is 3.94. The molecular formula is C33H38N6O5. The first kappa shape index (κ1) is 30.7. The van der Waals surface area contributed by atoms with Crippen LogP contribution in [0.1, 0.15) is 58.6 Å². The maximum Gasteiger partial charge on any atom is 0.258 e.